The van der Waals surface area contributed by atoms with Crippen LogP contribution >= 0.6 is 0 Å². The molecule has 2 heterocycles. The number of hydrogen-bond acceptors (Lipinski definition) is 5. The van der Waals surface area contributed by atoms with E-state index >= 15 is 0 Å². The summed E-state index contributed by atoms with van der Waals surface area (Å²) in [6.45, 7) is 1.78. The second-order valence-corrected chi connectivity index (χ2v) is 5.64. The van der Waals surface area contributed by atoms with Crippen molar-refractivity contribution in [2.45, 2.75) is 19.3 Å². The Morgan fingerprint density at radius 3 is 2.67 bits per heavy atom. The summed E-state index contributed by atoms with van der Waals surface area (Å²) in [6, 6.07) is 6.15. The zero-order valence-electron chi connectivity index (χ0n) is 13.5. The Bertz CT molecular complexity index is 715. The van der Waals surface area contributed by atoms with Gasteiger partial charge in [-0.2, -0.15) is 4.98 Å². The number of carbonyl (C=O) groups excluding carboxylic acids is 1. The third-order valence-electron chi connectivity index (χ3n) is 3.89. The van der Waals surface area contributed by atoms with E-state index in [1.807, 2.05) is 0 Å². The normalized spacial score (nSPS) is 13.8. The lowest BCUT2D eigenvalue weighted by Gasteiger charge is -2.20. The molecule has 1 fully saturated rings. The minimum atomic E-state index is -0.320. The van der Waals surface area contributed by atoms with Gasteiger partial charge in [0.1, 0.15) is 11.5 Å². The Balaban J connectivity index is 1.75. The van der Waals surface area contributed by atoms with Gasteiger partial charge in [-0.25, -0.2) is 9.37 Å². The van der Waals surface area contributed by atoms with Gasteiger partial charge >= 0.3 is 6.01 Å². The van der Waals surface area contributed by atoms with E-state index in [1.54, 1.807) is 18.3 Å². The summed E-state index contributed by atoms with van der Waals surface area (Å²) in [5.74, 6) is 0.154. The summed E-state index contributed by atoms with van der Waals surface area (Å²) in [5, 5.41) is 2.85. The monoisotopic (exact) mass is 330 g/mol. The van der Waals surface area contributed by atoms with Gasteiger partial charge in [0.05, 0.1) is 19.7 Å². The average molecular weight is 330 g/mol. The Morgan fingerprint density at radius 1 is 1.29 bits per heavy atom. The second-order valence-electron chi connectivity index (χ2n) is 5.64. The number of aromatic nitrogens is 2. The van der Waals surface area contributed by atoms with Crippen molar-refractivity contribution in [1.29, 1.82) is 0 Å². The van der Waals surface area contributed by atoms with Gasteiger partial charge in [-0.3, -0.25) is 4.79 Å². The van der Waals surface area contributed by atoms with Gasteiger partial charge in [-0.1, -0.05) is 12.1 Å². The standard InChI is InChI=1S/C17H19FN4O2/c1-24-17-19-11-14(16(21-17)22-8-2-3-9-22)20-15(23)10-12-4-6-13(18)7-5-12/h4-7,11H,2-3,8-10H2,1H3,(H,20,23). The number of anilines is 2. The van der Waals surface area contributed by atoms with Gasteiger partial charge in [-0.15, -0.1) is 0 Å². The van der Waals surface area contributed by atoms with E-state index in [0.29, 0.717) is 11.5 Å². The summed E-state index contributed by atoms with van der Waals surface area (Å²) >= 11 is 0. The molecule has 1 aliphatic heterocycles. The molecule has 1 aromatic carbocycles. The Morgan fingerprint density at radius 2 is 2.00 bits per heavy atom. The molecule has 0 spiro atoms. The first-order chi connectivity index (χ1) is 11.7. The molecule has 2 aromatic rings. The van der Waals surface area contributed by atoms with Gasteiger partial charge in [0.15, 0.2) is 5.82 Å². The summed E-state index contributed by atoms with van der Waals surface area (Å²) < 4.78 is 18.0. The summed E-state index contributed by atoms with van der Waals surface area (Å²) in [4.78, 5) is 22.8. The van der Waals surface area contributed by atoms with Crippen LogP contribution in [0.15, 0.2) is 30.5 Å². The molecule has 7 heteroatoms. The number of halogens is 1. The SMILES string of the molecule is COc1ncc(NC(=O)Cc2ccc(F)cc2)c(N2CCCC2)n1. The van der Waals surface area contributed by atoms with Crippen LogP contribution in [0, 0.1) is 5.82 Å². The van der Waals surface area contributed by atoms with Crippen molar-refractivity contribution in [3.8, 4) is 6.01 Å². The van der Waals surface area contributed by atoms with Gasteiger partial charge in [0.25, 0.3) is 0 Å². The number of benzene rings is 1. The zero-order valence-corrected chi connectivity index (χ0v) is 13.5. The molecule has 0 saturated carbocycles. The van der Waals surface area contributed by atoms with E-state index in [2.05, 4.69) is 20.2 Å². The van der Waals surface area contributed by atoms with E-state index in [4.69, 9.17) is 4.74 Å². The van der Waals surface area contributed by atoms with E-state index < -0.39 is 0 Å². The summed E-state index contributed by atoms with van der Waals surface area (Å²) in [7, 11) is 1.51. The highest BCUT2D eigenvalue weighted by atomic mass is 19.1. The number of ether oxygens (including phenoxy) is 1. The van der Waals surface area contributed by atoms with Crippen LogP contribution in [0.25, 0.3) is 0 Å². The Hall–Kier alpha value is -2.70. The maximum atomic E-state index is 12.9. The largest absolute Gasteiger partial charge is 0.467 e. The predicted octanol–water partition coefficient (Wildman–Crippen LogP) is 2.41. The molecule has 1 saturated heterocycles. The third-order valence-corrected chi connectivity index (χ3v) is 3.89. The van der Waals surface area contributed by atoms with E-state index in [1.165, 1.54) is 19.2 Å². The summed E-state index contributed by atoms with van der Waals surface area (Å²) in [5.41, 5.74) is 1.30. The highest BCUT2D eigenvalue weighted by Gasteiger charge is 2.20. The van der Waals surface area contributed by atoms with Crippen molar-refractivity contribution < 1.29 is 13.9 Å². The molecule has 1 aromatic heterocycles. The fourth-order valence-corrected chi connectivity index (χ4v) is 2.70. The van der Waals surface area contributed by atoms with Crippen LogP contribution in [0.4, 0.5) is 15.9 Å². The molecule has 0 aliphatic carbocycles. The maximum absolute atomic E-state index is 12.9. The number of rotatable bonds is 5. The van der Waals surface area contributed by atoms with Crippen molar-refractivity contribution >= 4 is 17.4 Å². The first kappa shape index (κ1) is 16.2. The van der Waals surface area contributed by atoms with Crippen LogP contribution in [0.2, 0.25) is 0 Å². The second kappa shape index (κ2) is 7.25. The van der Waals surface area contributed by atoms with Crippen molar-refractivity contribution in [1.82, 2.24) is 9.97 Å². The molecule has 6 nitrogen and oxygen atoms in total. The smallest absolute Gasteiger partial charge is 0.318 e. The average Bonchev–Trinajstić information content (AvgIpc) is 3.11. The van der Waals surface area contributed by atoms with E-state index in [-0.39, 0.29) is 24.2 Å². The lowest BCUT2D eigenvalue weighted by Crippen LogP contribution is -2.23. The van der Waals surface area contributed by atoms with E-state index in [0.717, 1.165) is 31.5 Å². The third kappa shape index (κ3) is 3.79. The number of carbonyl (C=O) groups is 1. The van der Waals surface area contributed by atoms with Crippen molar-refractivity contribution in [2.75, 3.05) is 30.4 Å². The molecule has 3 rings (SSSR count). The van der Waals surface area contributed by atoms with Crippen molar-refractivity contribution in [3.05, 3.63) is 41.8 Å². The highest BCUT2D eigenvalue weighted by molar-refractivity contribution is 5.94. The molecule has 0 unspecified atom stereocenters. The molecule has 0 atom stereocenters. The number of nitrogens with one attached hydrogen (secondary N) is 1. The number of nitrogens with zero attached hydrogens (tertiary/aromatic N) is 3. The first-order valence-electron chi connectivity index (χ1n) is 7.86. The lowest BCUT2D eigenvalue weighted by atomic mass is 10.1. The zero-order chi connectivity index (χ0) is 16.9. The first-order valence-corrected chi connectivity index (χ1v) is 7.86. The molecular formula is C17H19FN4O2. The van der Waals surface area contributed by atoms with Gasteiger partial charge in [0, 0.05) is 13.1 Å². The Kier molecular flexibility index (Phi) is 4.88. The quantitative estimate of drug-likeness (QED) is 0.912. The maximum Gasteiger partial charge on any atom is 0.318 e. The van der Waals surface area contributed by atoms with Crippen LogP contribution < -0.4 is 15.0 Å². The van der Waals surface area contributed by atoms with Gasteiger partial charge in [-0.05, 0) is 30.5 Å². The minimum Gasteiger partial charge on any atom is -0.467 e. The molecule has 1 N–H and O–H groups in total. The molecule has 24 heavy (non-hydrogen) atoms. The number of methoxy groups -OCH3 is 1. The molecular weight excluding hydrogens is 311 g/mol. The number of hydrogen-bond donors (Lipinski definition) is 1. The summed E-state index contributed by atoms with van der Waals surface area (Å²) in [6.07, 6.45) is 3.90. The molecule has 0 bridgehead atoms. The van der Waals surface area contributed by atoms with Crippen molar-refractivity contribution in [2.24, 2.45) is 0 Å². The minimum absolute atomic E-state index is 0.158. The van der Waals surface area contributed by atoms with E-state index in [9.17, 15) is 9.18 Å². The van der Waals surface area contributed by atoms with Crippen molar-refractivity contribution in [3.63, 3.8) is 0 Å². The number of amides is 1. The molecule has 0 radical (unpaired) electrons. The van der Waals surface area contributed by atoms with Crippen LogP contribution in [-0.4, -0.2) is 36.1 Å². The van der Waals surface area contributed by atoms with Crippen LogP contribution in [0.5, 0.6) is 6.01 Å². The highest BCUT2D eigenvalue weighted by Crippen LogP contribution is 2.27. The molecule has 1 amide bonds. The van der Waals surface area contributed by atoms with Crippen LogP contribution in [0.1, 0.15) is 18.4 Å². The fourth-order valence-electron chi connectivity index (χ4n) is 2.70. The molecule has 126 valence electrons. The fraction of sp³-hybridized carbons (Fsp3) is 0.353. The lowest BCUT2D eigenvalue weighted by molar-refractivity contribution is -0.115. The van der Waals surface area contributed by atoms with Crippen LogP contribution in [0.3, 0.4) is 0 Å². The van der Waals surface area contributed by atoms with Gasteiger partial charge < -0.3 is 15.0 Å². The Labute approximate surface area is 139 Å². The topological polar surface area (TPSA) is 67.3 Å². The molecule has 1 aliphatic rings. The van der Waals surface area contributed by atoms with Crippen LogP contribution in [-0.2, 0) is 11.2 Å². The van der Waals surface area contributed by atoms with Gasteiger partial charge in [0.2, 0.25) is 5.91 Å². The predicted molar refractivity (Wildman–Crippen MR) is 88.8 cm³/mol.